The standard InChI is InChI=1S/C20H25Cl2N3O2/c1-4-27-12-6-11-23-20(26)10-9-16-14(2)24-25(15(16)3)13-17-18(21)7-5-8-19(17)22/h5,7-10H,4,6,11-13H2,1-3H3,(H,23,26)/b10-9+. The number of hydrogen-bond donors (Lipinski definition) is 1. The summed E-state index contributed by atoms with van der Waals surface area (Å²) in [7, 11) is 0. The molecule has 0 saturated heterocycles. The summed E-state index contributed by atoms with van der Waals surface area (Å²) >= 11 is 12.5. The van der Waals surface area contributed by atoms with Gasteiger partial charge in [0.1, 0.15) is 0 Å². The molecule has 1 heterocycles. The summed E-state index contributed by atoms with van der Waals surface area (Å²) in [6.07, 6.45) is 4.12. The fraction of sp³-hybridized carbons (Fsp3) is 0.400. The van der Waals surface area contributed by atoms with E-state index in [0.29, 0.717) is 36.3 Å². The molecule has 1 aromatic heterocycles. The van der Waals surface area contributed by atoms with Gasteiger partial charge in [-0.15, -0.1) is 0 Å². The van der Waals surface area contributed by atoms with Crippen LogP contribution in [0.5, 0.6) is 0 Å². The monoisotopic (exact) mass is 409 g/mol. The highest BCUT2D eigenvalue weighted by Gasteiger charge is 2.13. The molecule has 1 amide bonds. The highest BCUT2D eigenvalue weighted by atomic mass is 35.5. The maximum atomic E-state index is 12.0. The average Bonchev–Trinajstić information content (AvgIpc) is 2.89. The zero-order valence-electron chi connectivity index (χ0n) is 15.9. The molecule has 146 valence electrons. The predicted octanol–water partition coefficient (Wildman–Crippen LogP) is 4.41. The lowest BCUT2D eigenvalue weighted by molar-refractivity contribution is -0.116. The van der Waals surface area contributed by atoms with E-state index in [1.165, 1.54) is 6.08 Å². The maximum absolute atomic E-state index is 12.0. The van der Waals surface area contributed by atoms with Crippen molar-refractivity contribution in [3.63, 3.8) is 0 Å². The molecule has 0 atom stereocenters. The zero-order chi connectivity index (χ0) is 19.8. The number of hydrogen-bond acceptors (Lipinski definition) is 3. The molecule has 0 radical (unpaired) electrons. The third kappa shape index (κ3) is 6.09. The Labute approximate surface area is 170 Å². The van der Waals surface area contributed by atoms with Gasteiger partial charge in [-0.3, -0.25) is 9.48 Å². The minimum absolute atomic E-state index is 0.132. The summed E-state index contributed by atoms with van der Waals surface area (Å²) in [6, 6.07) is 5.44. The summed E-state index contributed by atoms with van der Waals surface area (Å²) in [6.45, 7) is 8.23. The third-order valence-corrected chi connectivity index (χ3v) is 4.89. The van der Waals surface area contributed by atoms with E-state index in [0.717, 1.165) is 28.9 Å². The number of benzene rings is 1. The topological polar surface area (TPSA) is 56.1 Å². The van der Waals surface area contributed by atoms with Gasteiger partial charge in [0.25, 0.3) is 0 Å². The minimum Gasteiger partial charge on any atom is -0.382 e. The van der Waals surface area contributed by atoms with Crippen LogP contribution < -0.4 is 5.32 Å². The van der Waals surface area contributed by atoms with E-state index in [2.05, 4.69) is 10.4 Å². The van der Waals surface area contributed by atoms with Crippen LogP contribution in [0.15, 0.2) is 24.3 Å². The Balaban J connectivity index is 2.04. The van der Waals surface area contributed by atoms with Gasteiger partial charge in [-0.25, -0.2) is 0 Å². The lowest BCUT2D eigenvalue weighted by Crippen LogP contribution is -2.23. The number of ether oxygens (including phenoxy) is 1. The van der Waals surface area contributed by atoms with Crippen molar-refractivity contribution in [3.8, 4) is 0 Å². The second kappa shape index (κ2) is 10.5. The Morgan fingerprint density at radius 2 is 2.00 bits per heavy atom. The largest absolute Gasteiger partial charge is 0.382 e. The van der Waals surface area contributed by atoms with Crippen molar-refractivity contribution in [3.05, 3.63) is 56.8 Å². The van der Waals surface area contributed by atoms with Crippen LogP contribution >= 0.6 is 23.2 Å². The molecule has 2 aromatic rings. The van der Waals surface area contributed by atoms with Crippen LogP contribution in [0.1, 0.15) is 35.9 Å². The van der Waals surface area contributed by atoms with Crippen LogP contribution in [0.2, 0.25) is 10.0 Å². The third-order valence-electron chi connectivity index (χ3n) is 4.18. The van der Waals surface area contributed by atoms with E-state index in [1.807, 2.05) is 43.7 Å². The van der Waals surface area contributed by atoms with Gasteiger partial charge in [-0.1, -0.05) is 29.3 Å². The molecule has 1 aromatic carbocycles. The SMILES string of the molecule is CCOCCCNC(=O)/C=C/c1c(C)nn(Cc2c(Cl)cccc2Cl)c1C. The van der Waals surface area contributed by atoms with Crippen LogP contribution in [-0.4, -0.2) is 35.4 Å². The van der Waals surface area contributed by atoms with Gasteiger partial charge >= 0.3 is 0 Å². The molecular formula is C20H25Cl2N3O2. The quantitative estimate of drug-likeness (QED) is 0.492. The molecular weight excluding hydrogens is 385 g/mol. The second-order valence-electron chi connectivity index (χ2n) is 6.12. The van der Waals surface area contributed by atoms with E-state index in [4.69, 9.17) is 27.9 Å². The average molecular weight is 410 g/mol. The van der Waals surface area contributed by atoms with Gasteiger partial charge in [0.15, 0.2) is 0 Å². The van der Waals surface area contributed by atoms with Crippen LogP contribution in [0, 0.1) is 13.8 Å². The fourth-order valence-electron chi connectivity index (χ4n) is 2.69. The molecule has 7 heteroatoms. The molecule has 0 saturated carbocycles. The summed E-state index contributed by atoms with van der Waals surface area (Å²) in [5.74, 6) is -0.132. The van der Waals surface area contributed by atoms with Crippen molar-refractivity contribution in [2.75, 3.05) is 19.8 Å². The Morgan fingerprint density at radius 1 is 1.30 bits per heavy atom. The molecule has 0 aliphatic carbocycles. The van der Waals surface area contributed by atoms with Gasteiger partial charge < -0.3 is 10.1 Å². The molecule has 0 aliphatic rings. The lowest BCUT2D eigenvalue weighted by atomic mass is 10.1. The van der Waals surface area contributed by atoms with Gasteiger partial charge in [-0.05, 0) is 45.4 Å². The minimum atomic E-state index is -0.132. The highest BCUT2D eigenvalue weighted by molar-refractivity contribution is 6.35. The summed E-state index contributed by atoms with van der Waals surface area (Å²) in [5, 5.41) is 8.63. The number of rotatable bonds is 9. The Hall–Kier alpha value is -1.82. The zero-order valence-corrected chi connectivity index (χ0v) is 17.4. The van der Waals surface area contributed by atoms with Crippen molar-refractivity contribution >= 4 is 35.2 Å². The Bertz CT molecular complexity index is 796. The van der Waals surface area contributed by atoms with Crippen LogP contribution in [0.25, 0.3) is 6.08 Å². The highest BCUT2D eigenvalue weighted by Crippen LogP contribution is 2.26. The molecule has 0 fully saturated rings. The molecule has 0 aliphatic heterocycles. The Kier molecular flexibility index (Phi) is 8.35. The van der Waals surface area contributed by atoms with E-state index in [1.54, 1.807) is 6.08 Å². The lowest BCUT2D eigenvalue weighted by Gasteiger charge is -2.09. The van der Waals surface area contributed by atoms with Crippen LogP contribution in [0.4, 0.5) is 0 Å². The number of aromatic nitrogens is 2. The smallest absolute Gasteiger partial charge is 0.244 e. The van der Waals surface area contributed by atoms with Gasteiger partial charge in [0, 0.05) is 52.7 Å². The van der Waals surface area contributed by atoms with E-state index >= 15 is 0 Å². The first-order valence-corrected chi connectivity index (χ1v) is 9.70. The van der Waals surface area contributed by atoms with Gasteiger partial charge in [0.2, 0.25) is 5.91 Å². The van der Waals surface area contributed by atoms with Crippen molar-refractivity contribution in [2.45, 2.75) is 33.7 Å². The maximum Gasteiger partial charge on any atom is 0.244 e. The first kappa shape index (κ1) is 21.5. The van der Waals surface area contributed by atoms with E-state index < -0.39 is 0 Å². The molecule has 0 bridgehead atoms. The molecule has 0 spiro atoms. The van der Waals surface area contributed by atoms with Crippen LogP contribution in [0.3, 0.4) is 0 Å². The van der Waals surface area contributed by atoms with Crippen LogP contribution in [-0.2, 0) is 16.1 Å². The van der Waals surface area contributed by atoms with Gasteiger partial charge in [-0.2, -0.15) is 5.10 Å². The normalized spacial score (nSPS) is 11.3. The number of aryl methyl sites for hydroxylation is 1. The number of amides is 1. The van der Waals surface area contributed by atoms with Crippen molar-refractivity contribution in [2.24, 2.45) is 0 Å². The van der Waals surface area contributed by atoms with Crippen molar-refractivity contribution in [1.82, 2.24) is 15.1 Å². The fourth-order valence-corrected chi connectivity index (χ4v) is 3.20. The second-order valence-corrected chi connectivity index (χ2v) is 6.93. The summed E-state index contributed by atoms with van der Waals surface area (Å²) in [4.78, 5) is 12.0. The number of nitrogens with zero attached hydrogens (tertiary/aromatic N) is 2. The molecule has 5 nitrogen and oxygen atoms in total. The first-order valence-electron chi connectivity index (χ1n) is 8.94. The Morgan fingerprint density at radius 3 is 2.67 bits per heavy atom. The number of nitrogens with one attached hydrogen (secondary N) is 1. The molecule has 27 heavy (non-hydrogen) atoms. The predicted molar refractivity (Wildman–Crippen MR) is 110 cm³/mol. The number of halogens is 2. The van der Waals surface area contributed by atoms with Crippen molar-refractivity contribution in [1.29, 1.82) is 0 Å². The molecule has 0 unspecified atom stereocenters. The number of carbonyl (C=O) groups excluding carboxylic acids is 1. The molecule has 2 rings (SSSR count). The molecule has 1 N–H and O–H groups in total. The van der Waals surface area contributed by atoms with Gasteiger partial charge in [0.05, 0.1) is 12.2 Å². The summed E-state index contributed by atoms with van der Waals surface area (Å²) in [5.41, 5.74) is 3.54. The van der Waals surface area contributed by atoms with Crippen molar-refractivity contribution < 1.29 is 9.53 Å². The first-order chi connectivity index (χ1) is 12.9. The summed E-state index contributed by atoms with van der Waals surface area (Å²) < 4.78 is 7.09. The number of carbonyl (C=O) groups is 1. The van der Waals surface area contributed by atoms with E-state index in [9.17, 15) is 4.79 Å². The van der Waals surface area contributed by atoms with E-state index in [-0.39, 0.29) is 5.91 Å².